The number of carboxylic acids is 1. The topological polar surface area (TPSA) is 78.7 Å². The summed E-state index contributed by atoms with van der Waals surface area (Å²) in [5.74, 6) is -1.99. The number of fused-ring (bicyclic) bond motifs is 1. The number of carboxylic acid groups (broad SMARTS) is 1. The van der Waals surface area contributed by atoms with Crippen LogP contribution in [0.15, 0.2) is 24.3 Å². The molecule has 172 valence electrons. The van der Waals surface area contributed by atoms with Crippen LogP contribution < -0.4 is 0 Å². The van der Waals surface area contributed by atoms with Crippen LogP contribution >= 0.6 is 0 Å². The van der Waals surface area contributed by atoms with E-state index in [1.165, 1.54) is 33.8 Å². The third-order valence-corrected chi connectivity index (χ3v) is 5.95. The van der Waals surface area contributed by atoms with Crippen molar-refractivity contribution in [3.63, 3.8) is 0 Å². The first-order valence-corrected chi connectivity index (χ1v) is 10.2. The van der Waals surface area contributed by atoms with Crippen molar-refractivity contribution >= 4 is 11.9 Å². The number of alkyl halides is 3. The van der Waals surface area contributed by atoms with Gasteiger partial charge in [0, 0.05) is 18.7 Å². The van der Waals surface area contributed by atoms with E-state index in [4.69, 9.17) is 5.11 Å². The molecule has 7 nitrogen and oxygen atoms in total. The number of likely N-dealkylation sites (tertiary alicyclic amines) is 1. The zero-order valence-corrected chi connectivity index (χ0v) is 17.1. The molecular formula is C21H22F4N4O3. The fourth-order valence-corrected chi connectivity index (χ4v) is 4.42. The molecule has 2 aliphatic rings. The third-order valence-electron chi connectivity index (χ3n) is 5.95. The van der Waals surface area contributed by atoms with Crippen LogP contribution in [0.3, 0.4) is 0 Å². The van der Waals surface area contributed by atoms with E-state index < -0.39 is 23.7 Å². The van der Waals surface area contributed by atoms with E-state index in [1.54, 1.807) is 4.90 Å². The minimum atomic E-state index is -4.62. The van der Waals surface area contributed by atoms with E-state index in [-0.39, 0.29) is 50.0 Å². The molecule has 0 saturated carbocycles. The Balaban J connectivity index is 1.56. The lowest BCUT2D eigenvalue weighted by atomic mass is 10.0. The summed E-state index contributed by atoms with van der Waals surface area (Å²) in [6, 6.07) is 5.43. The van der Waals surface area contributed by atoms with Gasteiger partial charge in [0.2, 0.25) is 5.91 Å². The van der Waals surface area contributed by atoms with Gasteiger partial charge in [-0.2, -0.15) is 18.3 Å². The van der Waals surface area contributed by atoms with Crippen molar-refractivity contribution in [2.45, 2.75) is 32.1 Å². The number of amides is 1. The second-order valence-corrected chi connectivity index (χ2v) is 8.18. The van der Waals surface area contributed by atoms with Crippen molar-refractivity contribution in [1.82, 2.24) is 19.6 Å². The van der Waals surface area contributed by atoms with Gasteiger partial charge in [0.15, 0.2) is 5.69 Å². The van der Waals surface area contributed by atoms with Crippen molar-refractivity contribution in [3.8, 4) is 0 Å². The molecule has 32 heavy (non-hydrogen) atoms. The molecule has 0 radical (unpaired) electrons. The number of nitrogens with zero attached hydrogens (tertiary/aromatic N) is 4. The molecule has 1 saturated heterocycles. The molecule has 11 heteroatoms. The van der Waals surface area contributed by atoms with Crippen LogP contribution in [-0.2, 0) is 35.3 Å². The van der Waals surface area contributed by atoms with Crippen LogP contribution in [0.1, 0.15) is 28.9 Å². The van der Waals surface area contributed by atoms with E-state index in [0.29, 0.717) is 30.8 Å². The number of hydrogen-bond donors (Lipinski definition) is 1. The Morgan fingerprint density at radius 2 is 1.88 bits per heavy atom. The molecule has 2 aliphatic heterocycles. The molecule has 1 N–H and O–H groups in total. The maximum atomic E-state index is 13.6. The van der Waals surface area contributed by atoms with Crippen LogP contribution in [0.2, 0.25) is 0 Å². The summed E-state index contributed by atoms with van der Waals surface area (Å²) in [7, 11) is 0. The zero-order valence-electron chi connectivity index (χ0n) is 17.1. The summed E-state index contributed by atoms with van der Waals surface area (Å²) >= 11 is 0. The van der Waals surface area contributed by atoms with Gasteiger partial charge < -0.3 is 10.0 Å². The van der Waals surface area contributed by atoms with Crippen molar-refractivity contribution < 1.29 is 32.3 Å². The van der Waals surface area contributed by atoms with Gasteiger partial charge in [0.05, 0.1) is 31.2 Å². The lowest BCUT2D eigenvalue weighted by Crippen LogP contribution is -2.41. The summed E-state index contributed by atoms with van der Waals surface area (Å²) in [6.07, 6.45) is -4.07. The molecule has 0 bridgehead atoms. The summed E-state index contributed by atoms with van der Waals surface area (Å²) in [5, 5.41) is 12.7. The Hall–Kier alpha value is -2.95. The van der Waals surface area contributed by atoms with Crippen molar-refractivity contribution in [1.29, 1.82) is 0 Å². The highest BCUT2D eigenvalue weighted by Crippen LogP contribution is 2.36. The molecule has 0 spiro atoms. The van der Waals surface area contributed by atoms with Gasteiger partial charge in [0.25, 0.3) is 0 Å². The summed E-state index contributed by atoms with van der Waals surface area (Å²) in [4.78, 5) is 27.1. The van der Waals surface area contributed by atoms with Crippen LogP contribution in [0.25, 0.3) is 0 Å². The Morgan fingerprint density at radius 1 is 1.16 bits per heavy atom. The van der Waals surface area contributed by atoms with Gasteiger partial charge in [-0.25, -0.2) is 4.39 Å². The highest BCUT2D eigenvalue weighted by Gasteiger charge is 2.42. The number of hydrogen-bond acceptors (Lipinski definition) is 4. The lowest BCUT2D eigenvalue weighted by molar-refractivity contribution is -0.142. The average molecular weight is 454 g/mol. The highest BCUT2D eigenvalue weighted by atomic mass is 19.4. The van der Waals surface area contributed by atoms with Gasteiger partial charge in [0.1, 0.15) is 5.82 Å². The van der Waals surface area contributed by atoms with E-state index in [1.807, 2.05) is 0 Å². The quantitative estimate of drug-likeness (QED) is 0.702. The second-order valence-electron chi connectivity index (χ2n) is 8.18. The number of aromatic nitrogens is 2. The fraction of sp³-hybridized carbons (Fsp3) is 0.476. The number of rotatable bonds is 5. The number of carbonyl (C=O) groups excluding carboxylic acids is 1. The molecule has 1 fully saturated rings. The number of benzene rings is 1. The number of carbonyl (C=O) groups is 2. The summed E-state index contributed by atoms with van der Waals surface area (Å²) < 4.78 is 55.1. The molecule has 2 aromatic rings. The maximum Gasteiger partial charge on any atom is 0.435 e. The van der Waals surface area contributed by atoms with Gasteiger partial charge >= 0.3 is 12.1 Å². The van der Waals surface area contributed by atoms with E-state index in [2.05, 4.69) is 5.10 Å². The van der Waals surface area contributed by atoms with Crippen molar-refractivity contribution in [2.75, 3.05) is 26.2 Å². The van der Waals surface area contributed by atoms with Gasteiger partial charge in [-0.05, 0) is 37.1 Å². The van der Waals surface area contributed by atoms with Crippen LogP contribution in [0.5, 0.6) is 0 Å². The highest BCUT2D eigenvalue weighted by molar-refractivity contribution is 5.80. The second kappa shape index (κ2) is 8.53. The minimum absolute atomic E-state index is 0.00608. The van der Waals surface area contributed by atoms with Crippen molar-refractivity contribution in [2.24, 2.45) is 5.92 Å². The molecule has 1 atom stereocenters. The Morgan fingerprint density at radius 3 is 2.53 bits per heavy atom. The first-order valence-electron chi connectivity index (χ1n) is 10.2. The fourth-order valence-electron chi connectivity index (χ4n) is 4.42. The Kier molecular flexibility index (Phi) is 5.93. The van der Waals surface area contributed by atoms with Gasteiger partial charge in [-0.1, -0.05) is 12.1 Å². The van der Waals surface area contributed by atoms with Gasteiger partial charge in [-0.15, -0.1) is 0 Å². The summed E-state index contributed by atoms with van der Waals surface area (Å²) in [5.41, 5.74) is 0.0495. The minimum Gasteiger partial charge on any atom is -0.480 e. The van der Waals surface area contributed by atoms with Crippen LogP contribution in [0, 0.1) is 11.7 Å². The SMILES string of the molecule is O=C(O)CN1CCC(C(=O)N2CCc3c(C(F)(F)F)nn(Cc4ccc(F)cc4)c3C2)C1. The molecule has 1 unspecified atom stereocenters. The predicted octanol–water partition coefficient (Wildman–Crippen LogP) is 2.38. The maximum absolute atomic E-state index is 13.6. The third kappa shape index (κ3) is 4.62. The van der Waals surface area contributed by atoms with E-state index >= 15 is 0 Å². The molecule has 1 amide bonds. The molecule has 3 heterocycles. The average Bonchev–Trinajstić information content (AvgIpc) is 3.33. The smallest absolute Gasteiger partial charge is 0.435 e. The van der Waals surface area contributed by atoms with E-state index in [9.17, 15) is 27.2 Å². The first kappa shape index (κ1) is 22.3. The number of aliphatic carboxylic acids is 1. The summed E-state index contributed by atoms with van der Waals surface area (Å²) in [6.45, 7) is 0.823. The molecular weight excluding hydrogens is 432 g/mol. The largest absolute Gasteiger partial charge is 0.480 e. The Labute approximate surface area is 181 Å². The van der Waals surface area contributed by atoms with Gasteiger partial charge in [-0.3, -0.25) is 19.2 Å². The monoisotopic (exact) mass is 454 g/mol. The molecule has 1 aromatic carbocycles. The van der Waals surface area contributed by atoms with Crippen LogP contribution in [-0.4, -0.2) is 62.7 Å². The normalized spacial score (nSPS) is 19.2. The van der Waals surface area contributed by atoms with Crippen molar-refractivity contribution in [3.05, 3.63) is 52.6 Å². The standard InChI is InChI=1S/C21H22F4N4O3/c22-15-3-1-13(2-4-15)9-29-17-11-28(8-6-16(17)19(26-29)21(23,24)25)20(32)14-5-7-27(10-14)12-18(30)31/h1-4,14H,5-12H2,(H,30,31). The van der Waals surface area contributed by atoms with Crippen LogP contribution in [0.4, 0.5) is 17.6 Å². The zero-order chi connectivity index (χ0) is 23.0. The lowest BCUT2D eigenvalue weighted by Gasteiger charge is -2.30. The molecule has 4 rings (SSSR count). The van der Waals surface area contributed by atoms with E-state index in [0.717, 1.165) is 0 Å². The Bertz CT molecular complexity index is 1020. The molecule has 0 aliphatic carbocycles. The predicted molar refractivity (Wildman–Crippen MR) is 104 cm³/mol. The molecule has 1 aromatic heterocycles. The first-order chi connectivity index (χ1) is 15.1. The number of halogens is 4.